The molecule has 1 saturated carbocycles. The number of benzene rings is 2. The molecule has 1 aromatic heterocycles. The highest BCUT2D eigenvalue weighted by Crippen LogP contribution is 2.30. The number of nitrogens with one attached hydrogen (secondary N) is 1. The molecule has 3 aromatic rings. The largest absolute Gasteiger partial charge is 0.478 e. The Labute approximate surface area is 240 Å². The standard InChI is InChI=1S/C31H38FN3O4S/c1-3-26-27(18-33-29(36)28(40)16-20-10-6-5-7-11-20)35(31(34-26)39-4-2)19-22-15-14-21(17-25(22)32)23-12-8-9-13-24(23)30(37)38/h8-9,12-15,17,20,28,40H,3-7,10-11,16,18-19H2,1-2H3,(H,33,36)(H,37,38)/t28-/m0/s1. The van der Waals surface area contributed by atoms with Gasteiger partial charge in [0.1, 0.15) is 5.82 Å². The first-order valence-corrected chi connectivity index (χ1v) is 14.6. The van der Waals surface area contributed by atoms with E-state index in [1.807, 2.05) is 13.8 Å². The van der Waals surface area contributed by atoms with Crippen LogP contribution in [0.25, 0.3) is 11.1 Å². The summed E-state index contributed by atoms with van der Waals surface area (Å²) in [5.41, 5.74) is 2.98. The maximum absolute atomic E-state index is 15.4. The molecule has 1 heterocycles. The Morgan fingerprint density at radius 2 is 1.93 bits per heavy atom. The van der Waals surface area contributed by atoms with Gasteiger partial charge in [-0.05, 0) is 48.9 Å². The number of hydrogen-bond acceptors (Lipinski definition) is 5. The molecule has 0 unspecified atom stereocenters. The zero-order chi connectivity index (χ0) is 28.6. The van der Waals surface area contributed by atoms with Gasteiger partial charge in [-0.2, -0.15) is 17.6 Å². The number of ether oxygens (including phenoxy) is 1. The molecule has 2 aromatic carbocycles. The van der Waals surface area contributed by atoms with E-state index in [-0.39, 0.29) is 29.8 Å². The van der Waals surface area contributed by atoms with Crippen LogP contribution in [-0.2, 0) is 24.3 Å². The van der Waals surface area contributed by atoms with Crippen LogP contribution in [0.2, 0.25) is 0 Å². The number of hydrogen-bond donors (Lipinski definition) is 3. The second kappa shape index (κ2) is 13.8. The first kappa shape index (κ1) is 29.6. The molecule has 1 atom stereocenters. The van der Waals surface area contributed by atoms with Gasteiger partial charge in [-0.1, -0.05) is 69.4 Å². The number of carbonyl (C=O) groups is 2. The molecule has 0 saturated heterocycles. The van der Waals surface area contributed by atoms with Crippen molar-refractivity contribution in [2.75, 3.05) is 6.61 Å². The minimum absolute atomic E-state index is 0.111. The number of aromatic nitrogens is 2. The van der Waals surface area contributed by atoms with Crippen molar-refractivity contribution < 1.29 is 23.8 Å². The number of thiol groups is 1. The molecule has 214 valence electrons. The lowest BCUT2D eigenvalue weighted by atomic mass is 9.86. The summed E-state index contributed by atoms with van der Waals surface area (Å²) in [4.78, 5) is 29.2. The van der Waals surface area contributed by atoms with Gasteiger partial charge in [0.15, 0.2) is 0 Å². The normalized spacial score (nSPS) is 14.6. The quantitative estimate of drug-likeness (QED) is 0.224. The predicted molar refractivity (Wildman–Crippen MR) is 156 cm³/mol. The van der Waals surface area contributed by atoms with E-state index in [2.05, 4.69) is 22.9 Å². The molecule has 1 aliphatic carbocycles. The van der Waals surface area contributed by atoms with Crippen LogP contribution in [0.4, 0.5) is 4.39 Å². The molecule has 7 nitrogen and oxygen atoms in total. The van der Waals surface area contributed by atoms with Gasteiger partial charge in [-0.3, -0.25) is 9.36 Å². The third kappa shape index (κ3) is 7.05. The average molecular weight is 568 g/mol. The Morgan fingerprint density at radius 3 is 2.60 bits per heavy atom. The number of amides is 1. The van der Waals surface area contributed by atoms with Crippen molar-refractivity contribution in [2.45, 2.75) is 77.1 Å². The monoisotopic (exact) mass is 567 g/mol. The lowest BCUT2D eigenvalue weighted by Gasteiger charge is -2.24. The van der Waals surface area contributed by atoms with E-state index in [0.717, 1.165) is 30.7 Å². The van der Waals surface area contributed by atoms with E-state index in [9.17, 15) is 14.7 Å². The van der Waals surface area contributed by atoms with E-state index in [0.29, 0.717) is 41.6 Å². The molecule has 1 aliphatic rings. The molecular formula is C31H38FN3O4S. The number of aromatic carboxylic acids is 1. The summed E-state index contributed by atoms with van der Waals surface area (Å²) in [6.07, 6.45) is 7.40. The van der Waals surface area contributed by atoms with E-state index in [1.54, 1.807) is 34.9 Å². The number of carboxylic acid groups (broad SMARTS) is 1. The minimum Gasteiger partial charge on any atom is -0.478 e. The number of imidazole rings is 1. The fourth-order valence-electron chi connectivity index (χ4n) is 5.46. The van der Waals surface area contributed by atoms with E-state index in [1.165, 1.54) is 31.4 Å². The van der Waals surface area contributed by atoms with E-state index >= 15 is 4.39 Å². The fourth-order valence-corrected chi connectivity index (χ4v) is 5.85. The Hall–Kier alpha value is -3.33. The van der Waals surface area contributed by atoms with Crippen LogP contribution < -0.4 is 10.1 Å². The summed E-state index contributed by atoms with van der Waals surface area (Å²) in [5, 5.41) is 12.2. The van der Waals surface area contributed by atoms with Gasteiger partial charge < -0.3 is 15.2 Å². The summed E-state index contributed by atoms with van der Waals surface area (Å²) < 4.78 is 23.0. The van der Waals surface area contributed by atoms with E-state index in [4.69, 9.17) is 4.74 Å². The third-order valence-electron chi connectivity index (χ3n) is 7.59. The van der Waals surface area contributed by atoms with Gasteiger partial charge in [0, 0.05) is 5.56 Å². The van der Waals surface area contributed by atoms with Gasteiger partial charge in [0.2, 0.25) is 5.91 Å². The van der Waals surface area contributed by atoms with Gasteiger partial charge in [-0.25, -0.2) is 9.18 Å². The highest BCUT2D eigenvalue weighted by Gasteiger charge is 2.24. The van der Waals surface area contributed by atoms with Gasteiger partial charge in [-0.15, -0.1) is 0 Å². The number of carbonyl (C=O) groups excluding carboxylic acids is 1. The molecule has 9 heteroatoms. The van der Waals surface area contributed by atoms with Crippen molar-refractivity contribution in [1.29, 1.82) is 0 Å². The molecule has 40 heavy (non-hydrogen) atoms. The summed E-state index contributed by atoms with van der Waals surface area (Å²) in [6, 6.07) is 11.6. The van der Waals surface area contributed by atoms with E-state index < -0.39 is 11.8 Å². The molecule has 2 N–H and O–H groups in total. The minimum atomic E-state index is -1.07. The van der Waals surface area contributed by atoms with Gasteiger partial charge in [0.25, 0.3) is 6.01 Å². The molecule has 1 amide bonds. The van der Waals surface area contributed by atoms with Crippen molar-refractivity contribution in [1.82, 2.24) is 14.9 Å². The molecule has 0 spiro atoms. The van der Waals surface area contributed by atoms with Crippen molar-refractivity contribution in [2.24, 2.45) is 5.92 Å². The Balaban J connectivity index is 1.55. The highest BCUT2D eigenvalue weighted by atomic mass is 32.1. The number of carboxylic acids is 1. The van der Waals surface area contributed by atoms with Crippen LogP contribution in [0.5, 0.6) is 6.01 Å². The number of halogens is 1. The number of rotatable bonds is 12. The molecule has 0 bridgehead atoms. The Bertz CT molecular complexity index is 1340. The summed E-state index contributed by atoms with van der Waals surface area (Å²) in [5.74, 6) is -1.11. The second-order valence-corrected chi connectivity index (χ2v) is 10.9. The maximum atomic E-state index is 15.4. The van der Waals surface area contributed by atoms with Crippen LogP contribution in [0, 0.1) is 11.7 Å². The average Bonchev–Trinajstić information content (AvgIpc) is 3.29. The molecule has 0 radical (unpaired) electrons. The SMILES string of the molecule is CCOc1nc(CC)c(CNC(=O)[C@@H](S)CC2CCCCC2)n1Cc1ccc(-c2ccccc2C(=O)O)cc1F. The maximum Gasteiger partial charge on any atom is 0.336 e. The number of nitrogens with zero attached hydrogens (tertiary/aromatic N) is 2. The second-order valence-electron chi connectivity index (χ2n) is 10.3. The van der Waals surface area contributed by atoms with Crippen molar-refractivity contribution in [3.63, 3.8) is 0 Å². The van der Waals surface area contributed by atoms with Crippen LogP contribution in [0.15, 0.2) is 42.5 Å². The van der Waals surface area contributed by atoms with Crippen LogP contribution in [0.1, 0.15) is 79.7 Å². The van der Waals surface area contributed by atoms with Crippen molar-refractivity contribution in [3.05, 3.63) is 70.8 Å². The zero-order valence-corrected chi connectivity index (χ0v) is 24.1. The summed E-state index contributed by atoms with van der Waals surface area (Å²) >= 11 is 4.60. The van der Waals surface area contributed by atoms with Crippen LogP contribution >= 0.6 is 12.6 Å². The summed E-state index contributed by atoms with van der Waals surface area (Å²) in [7, 11) is 0. The van der Waals surface area contributed by atoms with Crippen LogP contribution in [-0.4, -0.2) is 38.4 Å². The zero-order valence-electron chi connectivity index (χ0n) is 23.2. The molecule has 4 rings (SSSR count). The smallest absolute Gasteiger partial charge is 0.336 e. The molecule has 0 aliphatic heterocycles. The Kier molecular flexibility index (Phi) is 10.3. The highest BCUT2D eigenvalue weighted by molar-refractivity contribution is 7.81. The fraction of sp³-hybridized carbons (Fsp3) is 0.452. The topological polar surface area (TPSA) is 93.5 Å². The number of aryl methyl sites for hydroxylation is 1. The first-order valence-electron chi connectivity index (χ1n) is 14.1. The van der Waals surface area contributed by atoms with Gasteiger partial charge in [0.05, 0.1) is 41.9 Å². The van der Waals surface area contributed by atoms with Crippen molar-refractivity contribution >= 4 is 24.5 Å². The lowest BCUT2D eigenvalue weighted by Crippen LogP contribution is -2.33. The first-order chi connectivity index (χ1) is 19.3. The molecular weight excluding hydrogens is 529 g/mol. The predicted octanol–water partition coefficient (Wildman–Crippen LogP) is 6.28. The lowest BCUT2D eigenvalue weighted by molar-refractivity contribution is -0.121. The summed E-state index contributed by atoms with van der Waals surface area (Å²) in [6.45, 7) is 4.60. The molecule has 1 fully saturated rings. The van der Waals surface area contributed by atoms with Gasteiger partial charge >= 0.3 is 5.97 Å². The van der Waals surface area contributed by atoms with Crippen LogP contribution in [0.3, 0.4) is 0 Å². The Morgan fingerprint density at radius 1 is 1.18 bits per heavy atom. The third-order valence-corrected chi connectivity index (χ3v) is 8.04. The van der Waals surface area contributed by atoms with Crippen molar-refractivity contribution in [3.8, 4) is 17.1 Å².